The van der Waals surface area contributed by atoms with Crippen LogP contribution in [-0.2, 0) is 102 Å². The minimum absolute atomic E-state index is 0.0186. The molecule has 0 unspecified atom stereocenters. The third-order valence-corrected chi connectivity index (χ3v) is 17.9. The Labute approximate surface area is 657 Å². The van der Waals surface area contributed by atoms with E-state index < -0.39 is 261 Å². The number of nitrogens with two attached hydrogens (primary N) is 3. The summed E-state index contributed by atoms with van der Waals surface area (Å²) in [7, 11) is 0. The van der Waals surface area contributed by atoms with Gasteiger partial charge < -0.3 is 122 Å². The van der Waals surface area contributed by atoms with E-state index in [2.05, 4.69) is 65.1 Å². The number of aromatic nitrogens is 1. The molecule has 1 fully saturated rings. The lowest BCUT2D eigenvalue weighted by Gasteiger charge is -2.30. The van der Waals surface area contributed by atoms with Crippen LogP contribution < -0.4 is 86.3 Å². The number of unbranched alkanes of at least 4 members (excludes halogenated alkanes) is 6. The number of amides is 14. The molecule has 0 radical (unpaired) electrons. The molecule has 2 heterocycles. The number of fused-ring (bicyclic) bond motifs is 1. The zero-order chi connectivity index (χ0) is 85.8. The number of hydrogen-bond acceptors (Lipinski definition) is 24. The fourth-order valence-corrected chi connectivity index (χ4v) is 11.7. The van der Waals surface area contributed by atoms with Crippen LogP contribution in [-0.4, -0.2) is 248 Å². The van der Waals surface area contributed by atoms with Crippen molar-refractivity contribution < 1.29 is 126 Å². The second-order valence-electron chi connectivity index (χ2n) is 27.2. The summed E-state index contributed by atoms with van der Waals surface area (Å²) < 4.78 is 5.68. The Balaban J connectivity index is 1.87. The Bertz CT molecular complexity index is 4040. The van der Waals surface area contributed by atoms with Crippen molar-refractivity contribution in [1.29, 1.82) is 0 Å². The van der Waals surface area contributed by atoms with E-state index in [1.807, 2.05) is 16.0 Å². The van der Waals surface area contributed by atoms with Gasteiger partial charge in [0.05, 0.1) is 51.8 Å². The van der Waals surface area contributed by atoms with Gasteiger partial charge in [0.2, 0.25) is 82.7 Å². The number of carboxylic acid groups (broad SMARTS) is 4. The van der Waals surface area contributed by atoms with Gasteiger partial charge in [0.25, 0.3) is 0 Å². The molecule has 4 rings (SSSR count). The van der Waals surface area contributed by atoms with Gasteiger partial charge in [-0.15, -0.1) is 0 Å². The molecule has 1 saturated heterocycles. The van der Waals surface area contributed by atoms with Gasteiger partial charge in [0.15, 0.2) is 5.78 Å². The molecule has 2 aromatic carbocycles. The zero-order valence-corrected chi connectivity index (χ0v) is 63.6. The molecule has 0 spiro atoms. The fraction of sp³-hybridized carbons (Fsp3) is 0.528. The lowest BCUT2D eigenvalue weighted by Crippen LogP contribution is -2.62. The van der Waals surface area contributed by atoms with Crippen LogP contribution in [0.25, 0.3) is 10.9 Å². The number of aliphatic hydroxyl groups is 1. The molecule has 43 nitrogen and oxygen atoms in total. The van der Waals surface area contributed by atoms with Crippen molar-refractivity contribution in [2.75, 3.05) is 32.0 Å². The quantitative estimate of drug-likeness (QED) is 0.0113. The van der Waals surface area contributed by atoms with Gasteiger partial charge in [-0.05, 0) is 69.3 Å². The molecule has 13 atom stereocenters. The number of carbonyl (C=O) groups is 20. The molecular formula is C72H101N17O26. The number of cyclic esters (lactones) is 1. The van der Waals surface area contributed by atoms with E-state index in [0.717, 1.165) is 52.9 Å². The summed E-state index contributed by atoms with van der Waals surface area (Å²) in [5.41, 5.74) is 18.1. The first kappa shape index (κ1) is 94.7. The van der Waals surface area contributed by atoms with Crippen molar-refractivity contribution in [3.63, 3.8) is 0 Å². The van der Waals surface area contributed by atoms with Crippen LogP contribution in [0, 0.1) is 5.92 Å². The Hall–Kier alpha value is -12.7. The first-order valence-corrected chi connectivity index (χ1v) is 36.8. The van der Waals surface area contributed by atoms with Gasteiger partial charge in [0, 0.05) is 47.6 Å². The van der Waals surface area contributed by atoms with Gasteiger partial charge in [-0.3, -0.25) is 91.1 Å². The van der Waals surface area contributed by atoms with Crippen molar-refractivity contribution in [3.8, 4) is 0 Å². The van der Waals surface area contributed by atoms with E-state index in [4.69, 9.17) is 21.9 Å². The summed E-state index contributed by atoms with van der Waals surface area (Å²) in [6.45, 7) is 1.11. The van der Waals surface area contributed by atoms with Gasteiger partial charge in [-0.2, -0.15) is 0 Å². The van der Waals surface area contributed by atoms with Gasteiger partial charge in [-0.1, -0.05) is 82.7 Å². The number of nitrogens with one attached hydrogen (secondary N) is 14. The molecule has 1 aliphatic rings. The number of aromatic amines is 1. The highest BCUT2D eigenvalue weighted by molar-refractivity contribution is 6.05. The predicted molar refractivity (Wildman–Crippen MR) is 400 cm³/mol. The SMILES string of the molecule is CCCCCCCCCC(=O)N[C@@H](Cc1c[nH]c2ccccc12)C(=O)N[C@@H](CC(N)=O)C(=O)N[C@@H](CC(=O)O)C(=O)N[C@H]1C(=O)NCC(=O)N[C@@H](CCCN)C(=O)N[C@@H](CC(=O)O)C(=O)N[C@H](C)C(=O)N[C@@H](CC(=O)O)C(=O)NCC(=O)N[C@H](CO)C(=O)N[C@H]([C@@H](C)CC(=O)O)C(=O)N[C@@H](CC(=O)c2ccccc2N)C(=O)O[C@@H]1C. The van der Waals surface area contributed by atoms with Crippen LogP contribution in [0.15, 0.2) is 54.7 Å². The summed E-state index contributed by atoms with van der Waals surface area (Å²) in [5, 5.41) is 78.7. The number of aliphatic carboxylic acids is 4. The first-order valence-electron chi connectivity index (χ1n) is 36.8. The zero-order valence-electron chi connectivity index (χ0n) is 63.6. The number of carbonyl (C=O) groups excluding carboxylic acids is 16. The fourth-order valence-electron chi connectivity index (χ4n) is 11.7. The van der Waals surface area contributed by atoms with E-state index >= 15 is 0 Å². The molecule has 0 saturated carbocycles. The average Bonchev–Trinajstić information content (AvgIpc) is 1.72. The summed E-state index contributed by atoms with van der Waals surface area (Å²) in [5.74, 6) is -29.7. The Kier molecular flexibility index (Phi) is 39.2. The second-order valence-corrected chi connectivity index (χ2v) is 27.2. The molecule has 14 amide bonds. The highest BCUT2D eigenvalue weighted by atomic mass is 16.5. The number of primary amides is 1. The summed E-state index contributed by atoms with van der Waals surface area (Å²) in [6, 6.07) is -10.5. The molecule has 3 aromatic rings. The molecule has 115 heavy (non-hydrogen) atoms. The third-order valence-electron chi connectivity index (χ3n) is 17.9. The van der Waals surface area contributed by atoms with Crippen molar-refractivity contribution in [1.82, 2.24) is 74.1 Å². The maximum atomic E-state index is 14.8. The largest absolute Gasteiger partial charge is 0.481 e. The maximum Gasteiger partial charge on any atom is 0.329 e. The number of Topliss-reactive ketones (excluding diaryl/α,β-unsaturated/α-hetero) is 1. The molecule has 1 aromatic heterocycles. The van der Waals surface area contributed by atoms with Crippen LogP contribution in [0.5, 0.6) is 0 Å². The number of carboxylic acids is 4. The number of ether oxygens (including phenoxy) is 1. The number of benzene rings is 2. The van der Waals surface area contributed by atoms with Crippen molar-refractivity contribution in [2.45, 2.75) is 209 Å². The number of rotatable bonds is 35. The number of ketones is 1. The molecular weight excluding hydrogens is 1520 g/mol. The lowest BCUT2D eigenvalue weighted by molar-refractivity contribution is -0.156. The highest BCUT2D eigenvalue weighted by Crippen LogP contribution is 2.22. The normalized spacial score (nSPS) is 21.2. The number of anilines is 1. The first-order chi connectivity index (χ1) is 54.4. The molecule has 0 bridgehead atoms. The number of hydrogen-bond donors (Lipinski definition) is 22. The highest BCUT2D eigenvalue weighted by Gasteiger charge is 2.41. The number of esters is 1. The standard InChI is InChI=1S/C72H101N17O26/c1-5-6-7-8-9-10-11-22-53(93)81-44(25-38-31-76-42-20-15-13-17-39(38)42)66(108)84-45(27-52(75)92)67(109)86-48(30-59(102)103)68(110)89-61-37(4)115-72(114)49(26-51(91)40-18-12-14-19-41(40)74)87-71(113)60(35(2)24-56(96)97)88-69(111)50(34-90)82-55(95)32-77-63(105)46(28-57(98)99)83-62(104)36(3)79-65(107)47(29-58(100)101)85-64(106)43(21-16-23-73)80-54(94)33-78-70(61)112/h12-15,17-20,31,35-37,43-50,60-61,76,90H,5-11,16,21-30,32-34,73-74H2,1-4H3,(H2,75,92)(H,77,105)(H,78,112)(H,79,107)(H,80,94)(H,81,93)(H,82,95)(H,83,104)(H,84,108)(H,85,106)(H,86,109)(H,87,113)(H,88,111)(H,89,110)(H,96,97)(H,98,99)(H,100,101)(H,102,103)/t35-,36+,37+,43-,44-,45-,46-,47-,48-,49-,50+,60+,61+/m0/s1. The summed E-state index contributed by atoms with van der Waals surface area (Å²) in [6.07, 6.45) is -2.33. The van der Waals surface area contributed by atoms with Gasteiger partial charge in [-0.25, -0.2) is 4.79 Å². The van der Waals surface area contributed by atoms with Crippen LogP contribution in [0.4, 0.5) is 5.69 Å². The topological polar surface area (TPSA) is 702 Å². The monoisotopic (exact) mass is 1620 g/mol. The second kappa shape index (κ2) is 47.6. The van der Waals surface area contributed by atoms with Gasteiger partial charge in [0.1, 0.15) is 72.6 Å². The maximum absolute atomic E-state index is 14.8. The summed E-state index contributed by atoms with van der Waals surface area (Å²) >= 11 is 0. The van der Waals surface area contributed by atoms with Crippen molar-refractivity contribution >= 4 is 135 Å². The Morgan fingerprint density at radius 2 is 1.09 bits per heavy atom. The Morgan fingerprint density at radius 1 is 0.548 bits per heavy atom. The summed E-state index contributed by atoms with van der Waals surface area (Å²) in [4.78, 5) is 276. The Morgan fingerprint density at radius 3 is 1.69 bits per heavy atom. The lowest BCUT2D eigenvalue weighted by atomic mass is 9.96. The number of para-hydroxylation sites is 2. The number of H-pyrrole nitrogens is 1. The molecule has 25 N–H and O–H groups in total. The van der Waals surface area contributed by atoms with Crippen LogP contribution in [0.1, 0.15) is 146 Å². The average molecular weight is 1620 g/mol. The van der Waals surface area contributed by atoms with Crippen molar-refractivity contribution in [2.24, 2.45) is 17.4 Å². The van der Waals surface area contributed by atoms with Crippen LogP contribution in [0.2, 0.25) is 0 Å². The van der Waals surface area contributed by atoms with Crippen LogP contribution >= 0.6 is 0 Å². The molecule has 43 heteroatoms. The molecule has 0 aliphatic carbocycles. The van der Waals surface area contributed by atoms with Crippen molar-refractivity contribution in [3.05, 3.63) is 65.9 Å². The van der Waals surface area contributed by atoms with E-state index in [0.29, 0.717) is 29.3 Å². The minimum Gasteiger partial charge on any atom is -0.481 e. The van der Waals surface area contributed by atoms with E-state index in [-0.39, 0.29) is 37.1 Å². The third kappa shape index (κ3) is 32.5. The smallest absolute Gasteiger partial charge is 0.329 e. The molecule has 630 valence electrons. The number of nitrogen functional groups attached to an aromatic ring is 1. The number of aliphatic hydroxyl groups excluding tert-OH is 1. The van der Waals surface area contributed by atoms with E-state index in [1.54, 1.807) is 30.5 Å². The van der Waals surface area contributed by atoms with Gasteiger partial charge >= 0.3 is 29.8 Å². The van der Waals surface area contributed by atoms with Crippen LogP contribution in [0.3, 0.4) is 0 Å². The minimum atomic E-state index is -2.45. The molecule has 1 aliphatic heterocycles. The predicted octanol–water partition coefficient (Wildman–Crippen LogP) is -5.62. The van der Waals surface area contributed by atoms with E-state index in [1.165, 1.54) is 24.3 Å². The van der Waals surface area contributed by atoms with E-state index in [9.17, 15) is 121 Å².